The summed E-state index contributed by atoms with van der Waals surface area (Å²) in [7, 11) is 1.64. The molecule has 1 amide bonds. The minimum Gasteiger partial charge on any atom is -0.352 e. The lowest BCUT2D eigenvalue weighted by atomic mass is 10.1. The van der Waals surface area contributed by atoms with Crippen LogP contribution in [0.2, 0.25) is 0 Å². The topological polar surface area (TPSA) is 68.9 Å². The van der Waals surface area contributed by atoms with Gasteiger partial charge in [0.25, 0.3) is 5.56 Å². The van der Waals surface area contributed by atoms with E-state index in [0.717, 1.165) is 29.1 Å². The molecule has 1 aromatic carbocycles. The zero-order valence-corrected chi connectivity index (χ0v) is 15.9. The van der Waals surface area contributed by atoms with Crippen molar-refractivity contribution < 1.29 is 4.79 Å². The van der Waals surface area contributed by atoms with Crippen LogP contribution < -0.4 is 10.9 Å². The Kier molecular flexibility index (Phi) is 4.72. The van der Waals surface area contributed by atoms with Gasteiger partial charge in [-0.2, -0.15) is 5.10 Å². The highest BCUT2D eigenvalue weighted by Gasteiger charge is 2.25. The summed E-state index contributed by atoms with van der Waals surface area (Å²) >= 11 is 0. The van der Waals surface area contributed by atoms with Crippen LogP contribution in [0.5, 0.6) is 0 Å². The van der Waals surface area contributed by atoms with E-state index in [1.165, 1.54) is 30.4 Å². The van der Waals surface area contributed by atoms with Gasteiger partial charge >= 0.3 is 0 Å². The molecule has 2 aromatic heterocycles. The molecule has 1 atom stereocenters. The van der Waals surface area contributed by atoms with Crippen molar-refractivity contribution in [1.82, 2.24) is 19.7 Å². The lowest BCUT2D eigenvalue weighted by Gasteiger charge is -2.21. The van der Waals surface area contributed by atoms with Gasteiger partial charge in [-0.3, -0.25) is 9.59 Å². The van der Waals surface area contributed by atoms with Crippen LogP contribution in [0.3, 0.4) is 0 Å². The number of hydrogen-bond acceptors (Lipinski definition) is 3. The fourth-order valence-electron chi connectivity index (χ4n) is 4.25. The van der Waals surface area contributed by atoms with E-state index >= 15 is 0 Å². The zero-order chi connectivity index (χ0) is 19.0. The van der Waals surface area contributed by atoms with Crippen LogP contribution in [0.15, 0.2) is 35.3 Å². The Morgan fingerprint density at radius 1 is 1.15 bits per heavy atom. The highest BCUT2D eigenvalue weighted by atomic mass is 16.2. The third kappa shape index (κ3) is 3.13. The molecule has 1 N–H and O–H groups in total. The quantitative estimate of drug-likeness (QED) is 0.723. The Morgan fingerprint density at radius 3 is 2.59 bits per heavy atom. The summed E-state index contributed by atoms with van der Waals surface area (Å²) in [6.07, 6.45) is 8.62. The molecule has 6 nitrogen and oxygen atoms in total. The number of nitrogens with zero attached hydrogens (tertiary/aromatic N) is 3. The van der Waals surface area contributed by atoms with E-state index in [-0.39, 0.29) is 17.5 Å². The second-order valence-corrected chi connectivity index (χ2v) is 7.60. The van der Waals surface area contributed by atoms with E-state index in [1.54, 1.807) is 13.2 Å². The first-order valence-corrected chi connectivity index (χ1v) is 9.83. The summed E-state index contributed by atoms with van der Waals surface area (Å²) in [5, 5.41) is 9.14. The van der Waals surface area contributed by atoms with E-state index in [9.17, 15) is 9.59 Å². The van der Waals surface area contributed by atoms with Gasteiger partial charge in [-0.25, -0.2) is 4.68 Å². The molecular weight excluding hydrogens is 340 g/mol. The first-order valence-electron chi connectivity index (χ1n) is 9.83. The van der Waals surface area contributed by atoms with E-state index in [4.69, 9.17) is 0 Å². The SMILES string of the molecule is C[C@H](C(=O)NC1CCCCCC1)n1c2ccccc2c2cnn(C)c(=O)c21. The molecule has 0 aliphatic heterocycles. The minimum atomic E-state index is -0.467. The van der Waals surface area contributed by atoms with Gasteiger partial charge in [0.2, 0.25) is 5.91 Å². The number of aryl methyl sites for hydroxylation is 1. The van der Waals surface area contributed by atoms with Crippen LogP contribution in [-0.4, -0.2) is 26.3 Å². The number of carbonyl (C=O) groups excluding carboxylic acids is 1. The molecule has 27 heavy (non-hydrogen) atoms. The molecule has 1 aliphatic carbocycles. The first-order chi connectivity index (χ1) is 13.1. The average Bonchev–Trinajstić information content (AvgIpc) is 2.80. The Morgan fingerprint density at radius 2 is 1.85 bits per heavy atom. The summed E-state index contributed by atoms with van der Waals surface area (Å²) in [6, 6.07) is 7.59. The van der Waals surface area contributed by atoms with Gasteiger partial charge in [0, 0.05) is 23.9 Å². The van der Waals surface area contributed by atoms with E-state index < -0.39 is 6.04 Å². The van der Waals surface area contributed by atoms with Crippen LogP contribution in [0, 0.1) is 0 Å². The number of hydrogen-bond donors (Lipinski definition) is 1. The summed E-state index contributed by atoms with van der Waals surface area (Å²) in [6.45, 7) is 1.87. The monoisotopic (exact) mass is 366 g/mol. The molecule has 0 spiro atoms. The molecule has 2 heterocycles. The largest absolute Gasteiger partial charge is 0.352 e. The number of para-hydroxylation sites is 1. The fourth-order valence-corrected chi connectivity index (χ4v) is 4.25. The molecule has 0 unspecified atom stereocenters. The van der Waals surface area contributed by atoms with Gasteiger partial charge < -0.3 is 9.88 Å². The predicted molar refractivity (Wildman–Crippen MR) is 107 cm³/mol. The number of aromatic nitrogens is 3. The second kappa shape index (κ2) is 7.18. The number of fused-ring (bicyclic) bond motifs is 3. The van der Waals surface area contributed by atoms with Gasteiger partial charge in [-0.05, 0) is 25.8 Å². The van der Waals surface area contributed by atoms with Crippen LogP contribution >= 0.6 is 0 Å². The van der Waals surface area contributed by atoms with Crippen LogP contribution in [0.1, 0.15) is 51.5 Å². The maximum atomic E-state index is 13.0. The van der Waals surface area contributed by atoms with Gasteiger partial charge in [0.05, 0.1) is 11.7 Å². The van der Waals surface area contributed by atoms with Gasteiger partial charge in [-0.1, -0.05) is 43.9 Å². The molecule has 0 saturated heterocycles. The average molecular weight is 366 g/mol. The second-order valence-electron chi connectivity index (χ2n) is 7.60. The Hall–Kier alpha value is -2.63. The highest BCUT2D eigenvalue weighted by molar-refractivity contribution is 6.08. The predicted octanol–water partition coefficient (Wildman–Crippen LogP) is 3.29. The third-order valence-electron chi connectivity index (χ3n) is 5.77. The first kappa shape index (κ1) is 17.8. The maximum absolute atomic E-state index is 13.0. The number of rotatable bonds is 3. The number of benzene rings is 1. The molecule has 1 saturated carbocycles. The molecule has 0 bridgehead atoms. The maximum Gasteiger partial charge on any atom is 0.291 e. The van der Waals surface area contributed by atoms with E-state index in [1.807, 2.05) is 35.8 Å². The van der Waals surface area contributed by atoms with E-state index in [0.29, 0.717) is 5.52 Å². The van der Waals surface area contributed by atoms with Crippen molar-refractivity contribution in [1.29, 1.82) is 0 Å². The van der Waals surface area contributed by atoms with Crippen LogP contribution in [0.25, 0.3) is 21.8 Å². The number of carbonyl (C=O) groups is 1. The Labute approximate surface area is 158 Å². The normalized spacial score (nSPS) is 17.1. The van der Waals surface area contributed by atoms with Gasteiger partial charge in [0.15, 0.2) is 0 Å². The molecular formula is C21H26N4O2. The summed E-state index contributed by atoms with van der Waals surface area (Å²) in [5.41, 5.74) is 1.25. The van der Waals surface area contributed by atoms with Crippen molar-refractivity contribution in [3.63, 3.8) is 0 Å². The van der Waals surface area contributed by atoms with E-state index in [2.05, 4.69) is 10.4 Å². The van der Waals surface area contributed by atoms with Crippen LogP contribution in [0.4, 0.5) is 0 Å². The number of nitrogens with one attached hydrogen (secondary N) is 1. The molecule has 4 rings (SSSR count). The fraction of sp³-hybridized carbons (Fsp3) is 0.476. The van der Waals surface area contributed by atoms with Crippen molar-refractivity contribution in [3.05, 3.63) is 40.8 Å². The van der Waals surface area contributed by atoms with Crippen LogP contribution in [-0.2, 0) is 11.8 Å². The lowest BCUT2D eigenvalue weighted by Crippen LogP contribution is -2.39. The zero-order valence-electron chi connectivity index (χ0n) is 15.9. The smallest absolute Gasteiger partial charge is 0.291 e. The van der Waals surface area contributed by atoms with Crippen molar-refractivity contribution >= 4 is 27.7 Å². The summed E-state index contributed by atoms with van der Waals surface area (Å²) in [5.74, 6) is -0.0246. The summed E-state index contributed by atoms with van der Waals surface area (Å²) < 4.78 is 3.20. The number of amides is 1. The Bertz CT molecular complexity index is 1040. The van der Waals surface area contributed by atoms with Crippen molar-refractivity contribution in [2.75, 3.05) is 0 Å². The lowest BCUT2D eigenvalue weighted by molar-refractivity contribution is -0.124. The summed E-state index contributed by atoms with van der Waals surface area (Å²) in [4.78, 5) is 25.9. The third-order valence-corrected chi connectivity index (χ3v) is 5.77. The van der Waals surface area contributed by atoms with Gasteiger partial charge in [-0.15, -0.1) is 0 Å². The molecule has 142 valence electrons. The highest BCUT2D eigenvalue weighted by Crippen LogP contribution is 2.29. The van der Waals surface area contributed by atoms with Crippen molar-refractivity contribution in [3.8, 4) is 0 Å². The van der Waals surface area contributed by atoms with Gasteiger partial charge in [0.1, 0.15) is 11.6 Å². The standard InChI is InChI=1S/C21H26N4O2/c1-14(20(26)23-15-9-5-3-4-6-10-15)25-18-12-8-7-11-16(18)17-13-22-24(2)21(27)19(17)25/h7-8,11-15H,3-6,9-10H2,1-2H3,(H,23,26)/t14-/m1/s1. The van der Waals surface area contributed by atoms with Crippen molar-refractivity contribution in [2.24, 2.45) is 7.05 Å². The van der Waals surface area contributed by atoms with Crippen molar-refractivity contribution in [2.45, 2.75) is 57.5 Å². The molecule has 3 aromatic rings. The molecule has 1 fully saturated rings. The molecule has 6 heteroatoms. The molecule has 0 radical (unpaired) electrons. The molecule has 1 aliphatic rings. The minimum absolute atomic E-state index is 0.0246. The Balaban J connectivity index is 1.78.